The number of hydrogen-bond acceptors (Lipinski definition) is 8. The molecule has 0 aromatic carbocycles. The molecule has 2 aromatic rings. The quantitative estimate of drug-likeness (QED) is 0.634. The minimum absolute atomic E-state index is 0.0406. The lowest BCUT2D eigenvalue weighted by Gasteiger charge is -2.48. The van der Waals surface area contributed by atoms with Crippen molar-refractivity contribution < 1.29 is 9.53 Å². The van der Waals surface area contributed by atoms with Gasteiger partial charge in [-0.25, -0.2) is 4.68 Å². The minimum atomic E-state index is 0.0406. The molecule has 0 radical (unpaired) electrons. The van der Waals surface area contributed by atoms with E-state index in [1.54, 1.807) is 16.0 Å². The van der Waals surface area contributed by atoms with E-state index in [9.17, 15) is 4.79 Å². The van der Waals surface area contributed by atoms with Crippen LogP contribution >= 0.6 is 23.1 Å². The number of ether oxygens (including phenoxy) is 1. The SMILES string of the molecule is O=C(CSc1nnnn1Cc1cccs1)NCC1(N2CCOCC2)CCCCC1. The lowest BCUT2D eigenvalue weighted by Crippen LogP contribution is -2.59. The van der Waals surface area contributed by atoms with Crippen molar-refractivity contribution in [3.05, 3.63) is 22.4 Å². The van der Waals surface area contributed by atoms with E-state index in [4.69, 9.17) is 4.74 Å². The van der Waals surface area contributed by atoms with Gasteiger partial charge in [0.2, 0.25) is 11.1 Å². The molecule has 0 spiro atoms. The third-order valence-corrected chi connectivity index (χ3v) is 7.62. The highest BCUT2D eigenvalue weighted by Crippen LogP contribution is 2.34. The van der Waals surface area contributed by atoms with E-state index in [1.807, 2.05) is 11.4 Å². The molecule has 2 fully saturated rings. The molecule has 158 valence electrons. The Balaban J connectivity index is 1.29. The molecule has 2 aromatic heterocycles. The van der Waals surface area contributed by atoms with Gasteiger partial charge >= 0.3 is 0 Å². The molecule has 1 amide bonds. The number of tetrazole rings is 1. The van der Waals surface area contributed by atoms with Crippen LogP contribution in [0.1, 0.15) is 37.0 Å². The molecule has 1 aliphatic heterocycles. The van der Waals surface area contributed by atoms with Crippen LogP contribution in [0, 0.1) is 0 Å². The molecule has 1 N–H and O–H groups in total. The zero-order chi connectivity index (χ0) is 19.9. The summed E-state index contributed by atoms with van der Waals surface area (Å²) in [5.41, 5.74) is 0.0864. The van der Waals surface area contributed by atoms with Gasteiger partial charge in [-0.2, -0.15) is 0 Å². The molecule has 1 saturated carbocycles. The number of aromatic nitrogens is 4. The van der Waals surface area contributed by atoms with Crippen molar-refractivity contribution in [2.75, 3.05) is 38.6 Å². The van der Waals surface area contributed by atoms with Gasteiger partial charge in [0.25, 0.3) is 0 Å². The van der Waals surface area contributed by atoms with Crippen molar-refractivity contribution in [3.8, 4) is 0 Å². The predicted octanol–water partition coefficient (Wildman–Crippen LogP) is 2.03. The second-order valence-corrected chi connectivity index (χ2v) is 9.62. The fraction of sp³-hybridized carbons (Fsp3) is 0.684. The Morgan fingerprint density at radius 1 is 1.28 bits per heavy atom. The Kier molecular flexibility index (Phi) is 7.17. The summed E-state index contributed by atoms with van der Waals surface area (Å²) < 4.78 is 7.29. The number of nitrogens with zero attached hydrogens (tertiary/aromatic N) is 5. The Labute approximate surface area is 179 Å². The van der Waals surface area contributed by atoms with Crippen LogP contribution in [0.3, 0.4) is 0 Å². The van der Waals surface area contributed by atoms with Crippen LogP contribution < -0.4 is 5.32 Å². The van der Waals surface area contributed by atoms with Gasteiger partial charge in [0.1, 0.15) is 0 Å². The van der Waals surface area contributed by atoms with E-state index in [-0.39, 0.29) is 11.4 Å². The first kappa shape index (κ1) is 20.8. The molecule has 4 rings (SSSR count). The number of rotatable bonds is 8. The van der Waals surface area contributed by atoms with Gasteiger partial charge in [-0.15, -0.1) is 16.4 Å². The number of thioether (sulfide) groups is 1. The maximum atomic E-state index is 12.6. The predicted molar refractivity (Wildman–Crippen MR) is 113 cm³/mol. The second kappa shape index (κ2) is 10.0. The van der Waals surface area contributed by atoms with Crippen LogP contribution in [-0.4, -0.2) is 75.2 Å². The molecule has 1 saturated heterocycles. The molecule has 0 atom stereocenters. The number of carbonyl (C=O) groups excluding carboxylic acids is 1. The van der Waals surface area contributed by atoms with Crippen molar-refractivity contribution in [3.63, 3.8) is 0 Å². The van der Waals surface area contributed by atoms with Crippen LogP contribution in [-0.2, 0) is 16.1 Å². The van der Waals surface area contributed by atoms with Crippen molar-refractivity contribution in [2.45, 2.75) is 49.3 Å². The first-order valence-corrected chi connectivity index (χ1v) is 12.1. The average Bonchev–Trinajstić information content (AvgIpc) is 3.44. The zero-order valence-electron chi connectivity index (χ0n) is 16.6. The van der Waals surface area contributed by atoms with E-state index in [1.165, 1.54) is 35.9 Å². The first-order chi connectivity index (χ1) is 14.3. The first-order valence-electron chi connectivity index (χ1n) is 10.3. The maximum absolute atomic E-state index is 12.6. The summed E-state index contributed by atoms with van der Waals surface area (Å²) >= 11 is 3.06. The largest absolute Gasteiger partial charge is 0.379 e. The van der Waals surface area contributed by atoms with Crippen molar-refractivity contribution >= 4 is 29.0 Å². The Bertz CT molecular complexity index is 770. The van der Waals surface area contributed by atoms with Crippen molar-refractivity contribution in [1.82, 2.24) is 30.4 Å². The molecule has 0 bridgehead atoms. The van der Waals surface area contributed by atoms with Crippen LogP contribution in [0.25, 0.3) is 0 Å². The summed E-state index contributed by atoms with van der Waals surface area (Å²) in [4.78, 5) is 16.3. The topological polar surface area (TPSA) is 85.2 Å². The van der Waals surface area contributed by atoms with Gasteiger partial charge in [-0.3, -0.25) is 9.69 Å². The summed E-state index contributed by atoms with van der Waals surface area (Å²) in [5.74, 6) is 0.364. The summed E-state index contributed by atoms with van der Waals surface area (Å²) in [5, 5.41) is 17.8. The van der Waals surface area contributed by atoms with Crippen LogP contribution in [0.4, 0.5) is 0 Å². The smallest absolute Gasteiger partial charge is 0.230 e. The Morgan fingerprint density at radius 3 is 2.86 bits per heavy atom. The molecule has 1 aliphatic carbocycles. The zero-order valence-corrected chi connectivity index (χ0v) is 18.2. The van der Waals surface area contributed by atoms with Gasteiger partial charge in [0.15, 0.2) is 0 Å². The number of nitrogens with one attached hydrogen (secondary N) is 1. The van der Waals surface area contributed by atoms with Crippen molar-refractivity contribution in [2.24, 2.45) is 0 Å². The summed E-state index contributed by atoms with van der Waals surface area (Å²) in [6, 6.07) is 4.07. The summed E-state index contributed by atoms with van der Waals surface area (Å²) in [7, 11) is 0. The number of morpholine rings is 1. The van der Waals surface area contributed by atoms with E-state index < -0.39 is 0 Å². The molecule has 10 heteroatoms. The molecule has 2 aliphatic rings. The summed E-state index contributed by atoms with van der Waals surface area (Å²) in [6.07, 6.45) is 6.07. The number of amides is 1. The van der Waals surface area contributed by atoms with Gasteiger partial charge in [0.05, 0.1) is 25.5 Å². The third-order valence-electron chi connectivity index (χ3n) is 5.80. The molecular formula is C19H28N6O2S2. The van der Waals surface area contributed by atoms with Crippen LogP contribution in [0.2, 0.25) is 0 Å². The standard InChI is InChI=1S/C19H28N6O2S2/c26-17(14-29-18-21-22-23-25(18)13-16-5-4-12-28-16)20-15-19(6-2-1-3-7-19)24-8-10-27-11-9-24/h4-5,12H,1-3,6-11,13-15H2,(H,20,26). The monoisotopic (exact) mass is 436 g/mol. The third kappa shape index (κ3) is 5.36. The van der Waals surface area contributed by atoms with Crippen LogP contribution in [0.5, 0.6) is 0 Å². The van der Waals surface area contributed by atoms with Gasteiger partial charge in [-0.05, 0) is 34.7 Å². The molecule has 3 heterocycles. The number of carbonyl (C=O) groups is 1. The lowest BCUT2D eigenvalue weighted by molar-refractivity contribution is -0.119. The average molecular weight is 437 g/mol. The van der Waals surface area contributed by atoms with Gasteiger partial charge < -0.3 is 10.1 Å². The highest BCUT2D eigenvalue weighted by Gasteiger charge is 2.38. The van der Waals surface area contributed by atoms with E-state index in [0.29, 0.717) is 24.0 Å². The lowest BCUT2D eigenvalue weighted by atomic mass is 9.79. The fourth-order valence-electron chi connectivity index (χ4n) is 4.25. The van der Waals surface area contributed by atoms with Crippen LogP contribution in [0.15, 0.2) is 22.7 Å². The number of thiophene rings is 1. The highest BCUT2D eigenvalue weighted by atomic mass is 32.2. The Morgan fingerprint density at radius 2 is 2.10 bits per heavy atom. The van der Waals surface area contributed by atoms with E-state index >= 15 is 0 Å². The van der Waals surface area contributed by atoms with Gasteiger partial charge in [0, 0.05) is 30.1 Å². The normalized spacial score (nSPS) is 19.9. The molecular weight excluding hydrogens is 408 g/mol. The maximum Gasteiger partial charge on any atom is 0.230 e. The van der Waals surface area contributed by atoms with E-state index in [0.717, 1.165) is 39.1 Å². The Hall–Kier alpha value is -1.49. The molecule has 8 nitrogen and oxygen atoms in total. The highest BCUT2D eigenvalue weighted by molar-refractivity contribution is 7.99. The minimum Gasteiger partial charge on any atom is -0.379 e. The summed E-state index contributed by atoms with van der Waals surface area (Å²) in [6.45, 7) is 4.85. The second-order valence-electron chi connectivity index (χ2n) is 7.65. The fourth-order valence-corrected chi connectivity index (χ4v) is 5.64. The molecule has 0 unspecified atom stereocenters. The van der Waals surface area contributed by atoms with Crippen molar-refractivity contribution in [1.29, 1.82) is 0 Å². The van der Waals surface area contributed by atoms with Gasteiger partial charge in [-0.1, -0.05) is 37.1 Å². The number of hydrogen-bond donors (Lipinski definition) is 1. The molecule has 29 heavy (non-hydrogen) atoms. The van der Waals surface area contributed by atoms with E-state index in [2.05, 4.69) is 31.8 Å².